The first-order valence-electron chi connectivity index (χ1n) is 2.50. The lowest BCUT2D eigenvalue weighted by molar-refractivity contribution is -0.105. The van der Waals surface area contributed by atoms with Gasteiger partial charge in [0.2, 0.25) is 12.4 Å². The van der Waals surface area contributed by atoms with Crippen molar-refractivity contribution in [3.05, 3.63) is 18.3 Å². The third-order valence-corrected chi connectivity index (χ3v) is 0.812. The molecule has 1 heterocycles. The van der Waals surface area contributed by atoms with Gasteiger partial charge in [-0.2, -0.15) is 9.37 Å². The molecule has 0 atom stereocenters. The van der Waals surface area contributed by atoms with Crippen LogP contribution in [0, 0.1) is 5.95 Å². The maximum Gasteiger partial charge on any atom is 0.233 e. The fourth-order valence-corrected chi connectivity index (χ4v) is 0.472. The maximum absolute atomic E-state index is 12.2. The second kappa shape index (κ2) is 2.86. The van der Waals surface area contributed by atoms with Gasteiger partial charge in [-0.3, -0.25) is 9.78 Å². The van der Waals surface area contributed by atoms with E-state index in [0.29, 0.717) is 6.41 Å². The van der Waals surface area contributed by atoms with Gasteiger partial charge >= 0.3 is 0 Å². The molecule has 1 aromatic heterocycles. The fourth-order valence-electron chi connectivity index (χ4n) is 0.472. The Labute approximate surface area is 56.1 Å². The summed E-state index contributed by atoms with van der Waals surface area (Å²) in [5, 5.41) is 2.15. The molecule has 0 bridgehead atoms. The Hall–Kier alpha value is -1.52. The van der Waals surface area contributed by atoms with E-state index in [-0.39, 0.29) is 5.82 Å². The molecule has 52 valence electrons. The van der Waals surface area contributed by atoms with Crippen molar-refractivity contribution in [1.82, 2.24) is 9.97 Å². The Bertz CT molecular complexity index is 240. The van der Waals surface area contributed by atoms with E-state index in [4.69, 9.17) is 0 Å². The molecule has 0 saturated heterocycles. The van der Waals surface area contributed by atoms with E-state index in [1.54, 1.807) is 0 Å². The molecule has 10 heavy (non-hydrogen) atoms. The van der Waals surface area contributed by atoms with Crippen LogP contribution in [0.4, 0.5) is 10.2 Å². The summed E-state index contributed by atoms with van der Waals surface area (Å²) < 4.78 is 12.2. The van der Waals surface area contributed by atoms with Crippen molar-refractivity contribution < 1.29 is 9.18 Å². The Morgan fingerprint density at radius 3 is 3.00 bits per heavy atom. The molecule has 0 saturated carbocycles. The largest absolute Gasteiger partial charge is 0.312 e. The molecule has 0 spiro atoms. The lowest BCUT2D eigenvalue weighted by atomic mass is 10.6. The van der Waals surface area contributed by atoms with Crippen LogP contribution in [0.1, 0.15) is 0 Å². The smallest absolute Gasteiger partial charge is 0.233 e. The van der Waals surface area contributed by atoms with Crippen LogP contribution >= 0.6 is 0 Å². The third-order valence-electron chi connectivity index (χ3n) is 0.812. The van der Waals surface area contributed by atoms with Crippen molar-refractivity contribution in [2.24, 2.45) is 0 Å². The minimum atomic E-state index is -0.716. The Kier molecular flexibility index (Phi) is 1.89. The predicted molar refractivity (Wildman–Crippen MR) is 31.7 cm³/mol. The molecule has 0 aliphatic heterocycles. The number of nitrogens with zero attached hydrogens (tertiary/aromatic N) is 2. The van der Waals surface area contributed by atoms with Crippen LogP contribution in [0.3, 0.4) is 0 Å². The van der Waals surface area contributed by atoms with E-state index in [1.165, 1.54) is 6.20 Å². The highest BCUT2D eigenvalue weighted by Crippen LogP contribution is 1.97. The van der Waals surface area contributed by atoms with Crippen molar-refractivity contribution in [2.75, 3.05) is 5.32 Å². The van der Waals surface area contributed by atoms with Crippen molar-refractivity contribution in [3.8, 4) is 0 Å². The second-order valence-electron chi connectivity index (χ2n) is 1.49. The minimum Gasteiger partial charge on any atom is -0.312 e. The Balaban J connectivity index is 2.84. The zero-order valence-electron chi connectivity index (χ0n) is 4.91. The molecule has 1 amide bonds. The van der Waals surface area contributed by atoms with E-state index in [1.807, 2.05) is 0 Å². The predicted octanol–water partition coefficient (Wildman–Crippen LogP) is 0.184. The van der Waals surface area contributed by atoms with E-state index < -0.39 is 5.95 Å². The summed E-state index contributed by atoms with van der Waals surface area (Å²) in [5.41, 5.74) is 0. The van der Waals surface area contributed by atoms with Gasteiger partial charge in [-0.1, -0.05) is 0 Å². The molecule has 0 fully saturated rings. The summed E-state index contributed by atoms with van der Waals surface area (Å²) >= 11 is 0. The molecular weight excluding hydrogens is 137 g/mol. The van der Waals surface area contributed by atoms with Gasteiger partial charge < -0.3 is 5.32 Å². The van der Waals surface area contributed by atoms with Gasteiger partial charge in [-0.05, 0) is 0 Å². The van der Waals surface area contributed by atoms with Gasteiger partial charge in [0.05, 0.1) is 12.4 Å². The lowest BCUT2D eigenvalue weighted by Crippen LogP contribution is -1.98. The molecule has 1 aromatic rings. The number of nitrogens with one attached hydrogen (secondary N) is 1. The third kappa shape index (κ3) is 1.48. The number of halogens is 1. The van der Waals surface area contributed by atoms with E-state index in [9.17, 15) is 9.18 Å². The van der Waals surface area contributed by atoms with E-state index in [0.717, 1.165) is 6.20 Å². The molecule has 1 N–H and O–H groups in total. The summed E-state index contributed by atoms with van der Waals surface area (Å²) in [6.45, 7) is 0. The van der Waals surface area contributed by atoms with Crippen LogP contribution in [0.15, 0.2) is 12.4 Å². The zero-order valence-corrected chi connectivity index (χ0v) is 4.91. The molecular formula is C5H4FN3O. The van der Waals surface area contributed by atoms with Gasteiger partial charge in [0, 0.05) is 0 Å². The summed E-state index contributed by atoms with van der Waals surface area (Å²) in [5.74, 6) is -0.609. The van der Waals surface area contributed by atoms with Gasteiger partial charge in [0.1, 0.15) is 0 Å². The summed E-state index contributed by atoms with van der Waals surface area (Å²) in [6, 6.07) is 0. The van der Waals surface area contributed by atoms with Crippen LogP contribution in [0.25, 0.3) is 0 Å². The van der Waals surface area contributed by atoms with E-state index in [2.05, 4.69) is 15.3 Å². The van der Waals surface area contributed by atoms with Crippen molar-refractivity contribution in [3.63, 3.8) is 0 Å². The Morgan fingerprint density at radius 2 is 2.40 bits per heavy atom. The lowest BCUT2D eigenvalue weighted by Gasteiger charge is -1.93. The molecule has 5 heteroatoms. The Morgan fingerprint density at radius 1 is 1.60 bits per heavy atom. The van der Waals surface area contributed by atoms with Gasteiger partial charge in [0.25, 0.3) is 0 Å². The number of aromatic nitrogens is 2. The SMILES string of the molecule is O=CNc1cncc(F)n1. The van der Waals surface area contributed by atoms with Gasteiger partial charge in [0.15, 0.2) is 5.82 Å². The number of anilines is 1. The number of rotatable bonds is 2. The first kappa shape index (κ1) is 6.60. The highest BCUT2D eigenvalue weighted by Gasteiger charge is 1.93. The molecule has 0 aliphatic rings. The van der Waals surface area contributed by atoms with E-state index >= 15 is 0 Å². The first-order valence-corrected chi connectivity index (χ1v) is 2.50. The highest BCUT2D eigenvalue weighted by atomic mass is 19.1. The molecule has 4 nitrogen and oxygen atoms in total. The average molecular weight is 141 g/mol. The molecule has 0 radical (unpaired) electrons. The number of hydrogen-bond donors (Lipinski definition) is 1. The maximum atomic E-state index is 12.2. The highest BCUT2D eigenvalue weighted by molar-refractivity contribution is 5.67. The summed E-state index contributed by atoms with van der Waals surface area (Å²) in [7, 11) is 0. The topological polar surface area (TPSA) is 54.9 Å². The van der Waals surface area contributed by atoms with Crippen molar-refractivity contribution in [2.45, 2.75) is 0 Å². The second-order valence-corrected chi connectivity index (χ2v) is 1.49. The number of amides is 1. The molecule has 0 aromatic carbocycles. The van der Waals surface area contributed by atoms with Gasteiger partial charge in [-0.25, -0.2) is 0 Å². The first-order chi connectivity index (χ1) is 4.83. The van der Waals surface area contributed by atoms with Crippen molar-refractivity contribution >= 4 is 12.2 Å². The molecule has 0 unspecified atom stereocenters. The molecule has 1 rings (SSSR count). The fraction of sp³-hybridized carbons (Fsp3) is 0. The van der Waals surface area contributed by atoms with Crippen molar-refractivity contribution in [1.29, 1.82) is 0 Å². The minimum absolute atomic E-state index is 0.106. The van der Waals surface area contributed by atoms with Gasteiger partial charge in [-0.15, -0.1) is 0 Å². The number of carbonyl (C=O) groups is 1. The standard InChI is InChI=1S/C5H4FN3O/c6-4-1-7-2-5(9-4)8-3-10/h1-3H,(H,8,9,10). The summed E-state index contributed by atoms with van der Waals surface area (Å²) in [6.07, 6.45) is 2.61. The van der Waals surface area contributed by atoms with Crippen LogP contribution in [-0.2, 0) is 4.79 Å². The van der Waals surface area contributed by atoms with Crippen LogP contribution in [-0.4, -0.2) is 16.4 Å². The normalized spacial score (nSPS) is 8.90. The zero-order chi connectivity index (χ0) is 7.40. The summed E-state index contributed by atoms with van der Waals surface area (Å²) in [4.78, 5) is 16.5. The molecule has 0 aliphatic carbocycles. The quantitative estimate of drug-likeness (QED) is 0.598. The van der Waals surface area contributed by atoms with Crippen LogP contribution < -0.4 is 5.32 Å². The van der Waals surface area contributed by atoms with Crippen LogP contribution in [0.2, 0.25) is 0 Å². The number of hydrogen-bond acceptors (Lipinski definition) is 3. The number of carbonyl (C=O) groups excluding carboxylic acids is 1. The average Bonchev–Trinajstić information content (AvgIpc) is 1.88. The van der Waals surface area contributed by atoms with Crippen LogP contribution in [0.5, 0.6) is 0 Å². The monoisotopic (exact) mass is 141 g/mol.